The molecule has 10 heteroatoms. The van der Waals surface area contributed by atoms with E-state index in [0.29, 0.717) is 35.4 Å². The van der Waals surface area contributed by atoms with E-state index < -0.39 is 6.17 Å². The normalized spacial score (nSPS) is 18.2. The lowest BCUT2D eigenvalue weighted by molar-refractivity contribution is 0.466. The van der Waals surface area contributed by atoms with Gasteiger partial charge in [-0.25, -0.2) is 14.4 Å². The van der Waals surface area contributed by atoms with Crippen LogP contribution in [0.5, 0.6) is 0 Å². The van der Waals surface area contributed by atoms with Crippen LogP contribution in [0.2, 0.25) is 5.02 Å². The molecule has 29 heavy (non-hydrogen) atoms. The summed E-state index contributed by atoms with van der Waals surface area (Å²) in [5.74, 6) is 1.57. The number of hydrogen-bond acceptors (Lipinski definition) is 6. The zero-order chi connectivity index (χ0) is 20.0. The van der Waals surface area contributed by atoms with Gasteiger partial charge in [-0.2, -0.15) is 10.1 Å². The molecule has 1 fully saturated rings. The molecule has 0 aliphatic heterocycles. The van der Waals surface area contributed by atoms with Gasteiger partial charge in [0.1, 0.15) is 17.5 Å². The molecule has 0 amide bonds. The summed E-state index contributed by atoms with van der Waals surface area (Å²) in [5.41, 5.74) is 4.16. The lowest BCUT2D eigenvalue weighted by Gasteiger charge is -2.12. The van der Waals surface area contributed by atoms with Gasteiger partial charge in [0.2, 0.25) is 5.95 Å². The van der Waals surface area contributed by atoms with Crippen molar-refractivity contribution in [3.63, 3.8) is 0 Å². The summed E-state index contributed by atoms with van der Waals surface area (Å²) in [7, 11) is 1.75. The third kappa shape index (κ3) is 3.38. The van der Waals surface area contributed by atoms with Gasteiger partial charge in [-0.3, -0.25) is 5.10 Å². The molecule has 0 unspecified atom stereocenters. The molecule has 1 aromatic carbocycles. The quantitative estimate of drug-likeness (QED) is 0.382. The summed E-state index contributed by atoms with van der Waals surface area (Å²) in [6.45, 7) is 0. The average molecular weight is 413 g/mol. The zero-order valence-electron chi connectivity index (χ0n) is 15.5. The fourth-order valence-corrected chi connectivity index (χ4v) is 3.60. The van der Waals surface area contributed by atoms with Crippen molar-refractivity contribution in [2.75, 3.05) is 17.7 Å². The van der Waals surface area contributed by atoms with Gasteiger partial charge in [-0.05, 0) is 18.1 Å². The fraction of sp³-hybridized carbons (Fsp3) is 0.263. The summed E-state index contributed by atoms with van der Waals surface area (Å²) in [6.07, 6.45) is 3.64. The Bertz CT molecular complexity index is 1190. The van der Waals surface area contributed by atoms with Crippen LogP contribution >= 0.6 is 11.6 Å². The third-order valence-corrected chi connectivity index (χ3v) is 5.46. The predicted octanol–water partition coefficient (Wildman–Crippen LogP) is 3.93. The molecule has 0 spiro atoms. The van der Waals surface area contributed by atoms with Crippen molar-refractivity contribution in [3.05, 3.63) is 52.6 Å². The van der Waals surface area contributed by atoms with Crippen molar-refractivity contribution in [1.82, 2.24) is 30.1 Å². The molecule has 0 radical (unpaired) electrons. The molecule has 1 aliphatic rings. The Hall–Kier alpha value is -3.20. The Kier molecular flexibility index (Phi) is 4.31. The topological polar surface area (TPSA) is 107 Å². The maximum atomic E-state index is 13.3. The van der Waals surface area contributed by atoms with E-state index in [2.05, 4.69) is 40.8 Å². The van der Waals surface area contributed by atoms with E-state index in [9.17, 15) is 4.39 Å². The first-order valence-corrected chi connectivity index (χ1v) is 9.60. The second kappa shape index (κ2) is 7.00. The highest BCUT2D eigenvalue weighted by atomic mass is 35.5. The summed E-state index contributed by atoms with van der Waals surface area (Å²) in [6, 6.07) is 5.72. The molecule has 0 bridgehead atoms. The average Bonchev–Trinajstić information content (AvgIpc) is 3.12. The molecular weight excluding hydrogens is 395 g/mol. The Balaban J connectivity index is 1.46. The Morgan fingerprint density at radius 3 is 2.93 bits per heavy atom. The van der Waals surface area contributed by atoms with E-state index in [1.807, 2.05) is 18.2 Å². The van der Waals surface area contributed by atoms with Crippen LogP contribution in [0.25, 0.3) is 11.0 Å². The summed E-state index contributed by atoms with van der Waals surface area (Å²) in [4.78, 5) is 16.2. The smallest absolute Gasteiger partial charge is 0.224 e. The van der Waals surface area contributed by atoms with Gasteiger partial charge in [0.05, 0.1) is 16.9 Å². The summed E-state index contributed by atoms with van der Waals surface area (Å²) < 4.78 is 13.3. The molecular formula is C19H18ClFN8. The maximum Gasteiger partial charge on any atom is 0.224 e. The minimum Gasteiger partial charge on any atom is -0.357 e. The Morgan fingerprint density at radius 2 is 2.14 bits per heavy atom. The van der Waals surface area contributed by atoms with Gasteiger partial charge in [0, 0.05) is 42.9 Å². The van der Waals surface area contributed by atoms with Gasteiger partial charge in [0.15, 0.2) is 5.82 Å². The standard InChI is InChI=1S/C19H18ClFN8/c1-22-19-23-7-10(4-9-2-3-13-17(16(9)20)25-8-24-13)18(27-19)26-15-6-14(28-29-15)11-5-12(11)21/h2-3,6-8,11-12H,4-5H2,1H3,(H,24,25)(H3,22,23,26,27,28,29)/t11-,12-/m1/s1. The number of fused-ring (bicyclic) bond motifs is 1. The molecule has 3 heterocycles. The maximum absolute atomic E-state index is 13.3. The number of benzene rings is 1. The molecule has 3 aromatic heterocycles. The van der Waals surface area contributed by atoms with Crippen LogP contribution in [0, 0.1) is 0 Å². The van der Waals surface area contributed by atoms with E-state index >= 15 is 0 Å². The molecule has 1 saturated carbocycles. The van der Waals surface area contributed by atoms with Crippen LogP contribution in [0.1, 0.15) is 29.2 Å². The molecule has 8 nitrogen and oxygen atoms in total. The van der Waals surface area contributed by atoms with Crippen molar-refractivity contribution in [2.24, 2.45) is 0 Å². The van der Waals surface area contributed by atoms with Crippen molar-refractivity contribution in [1.29, 1.82) is 0 Å². The van der Waals surface area contributed by atoms with Crippen LogP contribution in [-0.4, -0.2) is 43.4 Å². The third-order valence-electron chi connectivity index (χ3n) is 5.04. The fourth-order valence-electron chi connectivity index (χ4n) is 3.32. The number of halogens is 2. The lowest BCUT2D eigenvalue weighted by Crippen LogP contribution is -2.05. The Morgan fingerprint density at radius 1 is 1.28 bits per heavy atom. The predicted molar refractivity (Wildman–Crippen MR) is 110 cm³/mol. The van der Waals surface area contributed by atoms with Crippen molar-refractivity contribution >= 4 is 40.2 Å². The van der Waals surface area contributed by atoms with E-state index in [0.717, 1.165) is 27.9 Å². The number of H-pyrrole nitrogens is 2. The number of nitrogens with zero attached hydrogens (tertiary/aromatic N) is 4. The number of alkyl halides is 1. The van der Waals surface area contributed by atoms with Crippen LogP contribution in [0.3, 0.4) is 0 Å². The van der Waals surface area contributed by atoms with E-state index in [1.54, 1.807) is 19.6 Å². The van der Waals surface area contributed by atoms with E-state index in [4.69, 9.17) is 11.6 Å². The zero-order valence-corrected chi connectivity index (χ0v) is 16.3. The summed E-state index contributed by atoms with van der Waals surface area (Å²) in [5, 5.41) is 13.9. The van der Waals surface area contributed by atoms with Crippen molar-refractivity contribution in [2.45, 2.75) is 24.9 Å². The second-order valence-corrected chi connectivity index (χ2v) is 7.40. The second-order valence-electron chi connectivity index (χ2n) is 7.02. The van der Waals surface area contributed by atoms with Crippen molar-refractivity contribution < 1.29 is 4.39 Å². The SMILES string of the molecule is CNc1ncc(Cc2ccc3[nH]cnc3c2Cl)c(Nc2cc([C@@H]3C[C@H]3F)[nH]n2)n1. The number of aromatic nitrogens is 6. The van der Waals surface area contributed by atoms with Gasteiger partial charge in [-0.15, -0.1) is 0 Å². The number of nitrogens with one attached hydrogen (secondary N) is 4. The minimum atomic E-state index is -0.784. The number of rotatable bonds is 6. The van der Waals surface area contributed by atoms with E-state index in [1.165, 1.54) is 0 Å². The highest BCUT2D eigenvalue weighted by Gasteiger charge is 2.40. The minimum absolute atomic E-state index is 0.0878. The van der Waals surface area contributed by atoms with Crippen LogP contribution in [0.15, 0.2) is 30.7 Å². The van der Waals surface area contributed by atoms with Gasteiger partial charge in [-0.1, -0.05) is 17.7 Å². The highest BCUT2D eigenvalue weighted by molar-refractivity contribution is 6.35. The summed E-state index contributed by atoms with van der Waals surface area (Å²) >= 11 is 6.55. The highest BCUT2D eigenvalue weighted by Crippen LogP contribution is 2.43. The molecule has 1 aliphatic carbocycles. The molecule has 2 atom stereocenters. The van der Waals surface area contributed by atoms with Gasteiger partial charge < -0.3 is 15.6 Å². The molecule has 0 saturated heterocycles. The van der Waals surface area contributed by atoms with Crippen LogP contribution in [0.4, 0.5) is 22.0 Å². The van der Waals surface area contributed by atoms with Gasteiger partial charge >= 0.3 is 0 Å². The number of hydrogen-bond donors (Lipinski definition) is 4. The van der Waals surface area contributed by atoms with Crippen molar-refractivity contribution in [3.8, 4) is 0 Å². The molecule has 148 valence electrons. The molecule has 4 aromatic rings. The molecule has 4 N–H and O–H groups in total. The monoisotopic (exact) mass is 412 g/mol. The first-order valence-electron chi connectivity index (χ1n) is 9.23. The largest absolute Gasteiger partial charge is 0.357 e. The molecule has 5 rings (SSSR count). The number of anilines is 3. The Labute approximate surface area is 170 Å². The number of imidazole rings is 1. The van der Waals surface area contributed by atoms with Crippen LogP contribution in [-0.2, 0) is 6.42 Å². The number of aromatic amines is 2. The lowest BCUT2D eigenvalue weighted by atomic mass is 10.1. The van der Waals surface area contributed by atoms with Crippen LogP contribution < -0.4 is 10.6 Å². The first-order chi connectivity index (χ1) is 14.1. The van der Waals surface area contributed by atoms with E-state index in [-0.39, 0.29) is 5.92 Å². The first kappa shape index (κ1) is 17.9. The van der Waals surface area contributed by atoms with Gasteiger partial charge in [0.25, 0.3) is 0 Å².